The Bertz CT molecular complexity index is 672. The highest BCUT2D eigenvalue weighted by Crippen LogP contribution is 2.34. The third kappa shape index (κ3) is 3.92. The Morgan fingerprint density at radius 2 is 1.50 bits per heavy atom. The van der Waals surface area contributed by atoms with Gasteiger partial charge in [-0.1, -0.05) is 12.1 Å². The van der Waals surface area contributed by atoms with Crippen molar-refractivity contribution >= 4 is 0 Å². The fraction of sp³-hybridized carbons (Fsp3) is 0.368. The Kier molecular flexibility index (Phi) is 6.32. The molecule has 130 valence electrons. The number of benzene rings is 2. The lowest BCUT2D eigenvalue weighted by atomic mass is 9.91. The normalized spacial score (nSPS) is 11.7. The fourth-order valence-corrected chi connectivity index (χ4v) is 2.77. The van der Waals surface area contributed by atoms with E-state index >= 15 is 0 Å². The summed E-state index contributed by atoms with van der Waals surface area (Å²) in [6.07, 6.45) is 0.777. The molecule has 0 aliphatic rings. The van der Waals surface area contributed by atoms with Crippen LogP contribution in [0.1, 0.15) is 17.0 Å². The average molecular weight is 331 g/mol. The first-order chi connectivity index (χ1) is 11.7. The summed E-state index contributed by atoms with van der Waals surface area (Å²) in [6.45, 7) is 0.511. The molecule has 0 spiro atoms. The largest absolute Gasteiger partial charge is 0.497 e. The van der Waals surface area contributed by atoms with E-state index < -0.39 is 0 Å². The van der Waals surface area contributed by atoms with Gasteiger partial charge in [0, 0.05) is 12.0 Å². The van der Waals surface area contributed by atoms with Crippen molar-refractivity contribution < 1.29 is 18.9 Å². The zero-order valence-electron chi connectivity index (χ0n) is 14.7. The van der Waals surface area contributed by atoms with Gasteiger partial charge in [0.15, 0.2) is 11.5 Å². The third-order valence-electron chi connectivity index (χ3n) is 4.10. The second kappa shape index (κ2) is 8.45. The molecule has 0 saturated heterocycles. The average Bonchev–Trinajstić information content (AvgIpc) is 2.65. The monoisotopic (exact) mass is 331 g/mol. The maximum atomic E-state index is 6.03. The molecule has 2 aromatic rings. The van der Waals surface area contributed by atoms with Crippen LogP contribution in [0, 0.1) is 0 Å². The Labute approximate surface area is 143 Å². The first-order valence-electron chi connectivity index (χ1n) is 7.79. The number of ether oxygens (including phenoxy) is 4. The summed E-state index contributed by atoms with van der Waals surface area (Å²) in [5.41, 5.74) is 8.22. The van der Waals surface area contributed by atoms with Gasteiger partial charge in [-0.3, -0.25) is 0 Å². The van der Waals surface area contributed by atoms with Gasteiger partial charge in [-0.15, -0.1) is 0 Å². The summed E-state index contributed by atoms with van der Waals surface area (Å²) in [5.74, 6) is 3.10. The number of nitrogens with two attached hydrogens (primary N) is 1. The Morgan fingerprint density at radius 3 is 2.08 bits per heavy atom. The zero-order valence-corrected chi connectivity index (χ0v) is 14.7. The highest BCUT2D eigenvalue weighted by molar-refractivity contribution is 5.46. The van der Waals surface area contributed by atoms with Crippen LogP contribution in [0.25, 0.3) is 0 Å². The van der Waals surface area contributed by atoms with Crippen molar-refractivity contribution in [1.82, 2.24) is 0 Å². The summed E-state index contributed by atoms with van der Waals surface area (Å²) < 4.78 is 21.4. The van der Waals surface area contributed by atoms with Crippen LogP contribution in [0.2, 0.25) is 0 Å². The SMILES string of the molecule is COc1ccc(C(CN)Cc2ccc(OC)c(OC)c2)c(OC)c1. The Balaban J connectivity index is 2.29. The lowest BCUT2D eigenvalue weighted by Crippen LogP contribution is -2.16. The molecule has 0 aromatic heterocycles. The molecule has 0 aliphatic heterocycles. The van der Waals surface area contributed by atoms with Crippen LogP contribution in [0.3, 0.4) is 0 Å². The van der Waals surface area contributed by atoms with Gasteiger partial charge in [-0.2, -0.15) is 0 Å². The van der Waals surface area contributed by atoms with Gasteiger partial charge in [0.2, 0.25) is 0 Å². The Morgan fingerprint density at radius 1 is 0.792 bits per heavy atom. The molecule has 5 heteroatoms. The molecule has 0 fully saturated rings. The van der Waals surface area contributed by atoms with Crippen LogP contribution >= 0.6 is 0 Å². The van der Waals surface area contributed by atoms with E-state index in [1.165, 1.54) is 0 Å². The fourth-order valence-electron chi connectivity index (χ4n) is 2.77. The minimum Gasteiger partial charge on any atom is -0.497 e. The molecule has 0 radical (unpaired) electrons. The Hall–Kier alpha value is -2.40. The summed E-state index contributed by atoms with van der Waals surface area (Å²) in [7, 11) is 6.55. The van der Waals surface area contributed by atoms with Crippen LogP contribution in [-0.4, -0.2) is 35.0 Å². The molecule has 0 bridgehead atoms. The second-order valence-electron chi connectivity index (χ2n) is 5.43. The van der Waals surface area contributed by atoms with Crippen molar-refractivity contribution in [2.24, 2.45) is 5.73 Å². The molecule has 0 heterocycles. The van der Waals surface area contributed by atoms with Gasteiger partial charge in [0.1, 0.15) is 11.5 Å². The summed E-state index contributed by atoms with van der Waals surface area (Å²) >= 11 is 0. The molecule has 1 unspecified atom stereocenters. The van der Waals surface area contributed by atoms with E-state index in [2.05, 4.69) is 0 Å². The van der Waals surface area contributed by atoms with Crippen LogP contribution < -0.4 is 24.7 Å². The maximum absolute atomic E-state index is 6.03. The van der Waals surface area contributed by atoms with Crippen molar-refractivity contribution in [2.45, 2.75) is 12.3 Å². The van der Waals surface area contributed by atoms with Crippen molar-refractivity contribution in [1.29, 1.82) is 0 Å². The summed E-state index contributed by atoms with van der Waals surface area (Å²) in [4.78, 5) is 0. The molecule has 2 aromatic carbocycles. The topological polar surface area (TPSA) is 62.9 Å². The van der Waals surface area contributed by atoms with Gasteiger partial charge in [-0.05, 0) is 42.3 Å². The molecule has 0 aliphatic carbocycles. The molecule has 24 heavy (non-hydrogen) atoms. The molecular formula is C19H25NO4. The van der Waals surface area contributed by atoms with Crippen molar-refractivity contribution in [2.75, 3.05) is 35.0 Å². The van der Waals surface area contributed by atoms with Gasteiger partial charge < -0.3 is 24.7 Å². The van der Waals surface area contributed by atoms with E-state index in [1.54, 1.807) is 28.4 Å². The maximum Gasteiger partial charge on any atom is 0.160 e. The minimum atomic E-state index is 0.129. The van der Waals surface area contributed by atoms with E-state index in [0.29, 0.717) is 18.0 Å². The van der Waals surface area contributed by atoms with Crippen molar-refractivity contribution in [3.05, 3.63) is 47.5 Å². The predicted octanol–water partition coefficient (Wildman–Crippen LogP) is 3.01. The molecular weight excluding hydrogens is 306 g/mol. The third-order valence-corrected chi connectivity index (χ3v) is 4.10. The van der Waals surface area contributed by atoms with Crippen LogP contribution in [0.5, 0.6) is 23.0 Å². The van der Waals surface area contributed by atoms with Gasteiger partial charge in [-0.25, -0.2) is 0 Å². The highest BCUT2D eigenvalue weighted by atomic mass is 16.5. The molecule has 0 saturated carbocycles. The van der Waals surface area contributed by atoms with Crippen LogP contribution in [-0.2, 0) is 6.42 Å². The first-order valence-corrected chi connectivity index (χ1v) is 7.79. The molecule has 0 amide bonds. The minimum absolute atomic E-state index is 0.129. The first kappa shape index (κ1) is 17.9. The second-order valence-corrected chi connectivity index (χ2v) is 5.43. The van der Waals surface area contributed by atoms with E-state index in [-0.39, 0.29) is 5.92 Å². The van der Waals surface area contributed by atoms with E-state index in [4.69, 9.17) is 24.7 Å². The standard InChI is InChI=1S/C19H25NO4/c1-21-15-6-7-16(18(11-15)23-3)14(12-20)9-13-5-8-17(22-2)19(10-13)24-4/h5-8,10-11,14H,9,12,20H2,1-4H3. The van der Waals surface area contributed by atoms with Crippen molar-refractivity contribution in [3.8, 4) is 23.0 Å². The van der Waals surface area contributed by atoms with E-state index in [9.17, 15) is 0 Å². The van der Waals surface area contributed by atoms with Gasteiger partial charge in [0.05, 0.1) is 28.4 Å². The summed E-state index contributed by atoms with van der Waals surface area (Å²) in [6, 6.07) is 11.7. The zero-order chi connectivity index (χ0) is 17.5. The lowest BCUT2D eigenvalue weighted by molar-refractivity contribution is 0.354. The lowest BCUT2D eigenvalue weighted by Gasteiger charge is -2.20. The van der Waals surface area contributed by atoms with Crippen LogP contribution in [0.15, 0.2) is 36.4 Å². The molecule has 5 nitrogen and oxygen atoms in total. The smallest absolute Gasteiger partial charge is 0.160 e. The number of hydrogen-bond acceptors (Lipinski definition) is 5. The molecule has 2 rings (SSSR count). The van der Waals surface area contributed by atoms with Gasteiger partial charge >= 0.3 is 0 Å². The number of hydrogen-bond donors (Lipinski definition) is 1. The number of methoxy groups -OCH3 is 4. The van der Waals surface area contributed by atoms with E-state index in [1.807, 2.05) is 36.4 Å². The summed E-state index contributed by atoms with van der Waals surface area (Å²) in [5, 5.41) is 0. The molecule has 2 N–H and O–H groups in total. The highest BCUT2D eigenvalue weighted by Gasteiger charge is 2.17. The van der Waals surface area contributed by atoms with Crippen LogP contribution in [0.4, 0.5) is 0 Å². The van der Waals surface area contributed by atoms with Crippen molar-refractivity contribution in [3.63, 3.8) is 0 Å². The molecule has 1 atom stereocenters. The predicted molar refractivity (Wildman–Crippen MR) is 94.6 cm³/mol. The number of rotatable bonds is 8. The van der Waals surface area contributed by atoms with E-state index in [0.717, 1.165) is 29.0 Å². The van der Waals surface area contributed by atoms with Gasteiger partial charge in [0.25, 0.3) is 0 Å². The quantitative estimate of drug-likeness (QED) is 0.805.